The number of nitrogens with one attached hydrogen (secondary N) is 3. The zero-order chi connectivity index (χ0) is 14.3. The summed E-state index contributed by atoms with van der Waals surface area (Å²) in [4.78, 5) is 50.7. The van der Waals surface area contributed by atoms with Gasteiger partial charge in [-0.1, -0.05) is 0 Å². The highest BCUT2D eigenvalue weighted by Crippen LogP contribution is 2.25. The van der Waals surface area contributed by atoms with E-state index in [1.165, 1.54) is 17.2 Å². The maximum Gasteiger partial charge on any atom is 0.322 e. The largest absolute Gasteiger partial charge is 0.335 e. The minimum atomic E-state index is -1.06. The summed E-state index contributed by atoms with van der Waals surface area (Å²) < 4.78 is 0. The van der Waals surface area contributed by atoms with Crippen molar-refractivity contribution in [2.45, 2.75) is 12.0 Å². The van der Waals surface area contributed by atoms with Crippen LogP contribution in [0, 0.1) is 0 Å². The number of likely N-dealkylation sites (tertiary alicyclic amines) is 1. The molecule has 3 N–H and O–H groups in total. The molecule has 4 amide bonds. The number of carbonyl (C=O) groups is 3. The van der Waals surface area contributed by atoms with Gasteiger partial charge in [0.2, 0.25) is 0 Å². The fourth-order valence-corrected chi connectivity index (χ4v) is 2.56. The van der Waals surface area contributed by atoms with Gasteiger partial charge in [0.1, 0.15) is 11.1 Å². The van der Waals surface area contributed by atoms with Crippen LogP contribution in [0.4, 0.5) is 4.79 Å². The van der Waals surface area contributed by atoms with Crippen LogP contribution in [-0.2, 0) is 4.79 Å². The van der Waals surface area contributed by atoms with Gasteiger partial charge in [0.15, 0.2) is 0 Å². The number of H-pyrrole nitrogens is 1. The van der Waals surface area contributed by atoms with Crippen LogP contribution in [0.5, 0.6) is 0 Å². The number of pyridine rings is 1. The number of imide groups is 1. The summed E-state index contributed by atoms with van der Waals surface area (Å²) in [5, 5.41) is 4.72. The molecular weight excluding hydrogens is 264 g/mol. The maximum atomic E-state index is 12.3. The average molecular weight is 276 g/mol. The zero-order valence-electron chi connectivity index (χ0n) is 10.4. The Balaban J connectivity index is 1.83. The molecule has 2 aliphatic heterocycles. The molecule has 1 aromatic heterocycles. The highest BCUT2D eigenvalue weighted by molar-refractivity contribution is 6.08. The second-order valence-corrected chi connectivity index (χ2v) is 4.88. The summed E-state index contributed by atoms with van der Waals surface area (Å²) in [7, 11) is 0. The summed E-state index contributed by atoms with van der Waals surface area (Å²) in [5.74, 6) is -0.877. The first-order valence-corrected chi connectivity index (χ1v) is 6.12. The molecule has 20 heavy (non-hydrogen) atoms. The lowest BCUT2D eigenvalue weighted by atomic mass is 9.99. The summed E-state index contributed by atoms with van der Waals surface area (Å²) in [6.45, 7) is 0.374. The first-order valence-electron chi connectivity index (χ1n) is 6.12. The summed E-state index contributed by atoms with van der Waals surface area (Å²) in [5.41, 5.74) is -1.51. The third kappa shape index (κ3) is 1.77. The number of urea groups is 1. The number of hydrogen-bond acceptors (Lipinski definition) is 4. The van der Waals surface area contributed by atoms with Crippen LogP contribution in [-0.4, -0.2) is 46.4 Å². The minimum Gasteiger partial charge on any atom is -0.335 e. The number of hydrogen-bond donors (Lipinski definition) is 3. The Labute approximate surface area is 113 Å². The van der Waals surface area contributed by atoms with E-state index in [1.54, 1.807) is 6.07 Å². The van der Waals surface area contributed by atoms with Crippen LogP contribution in [0.1, 0.15) is 16.8 Å². The monoisotopic (exact) mass is 276 g/mol. The van der Waals surface area contributed by atoms with Crippen LogP contribution in [0.15, 0.2) is 23.1 Å². The topological polar surface area (TPSA) is 111 Å². The molecular formula is C12H12N4O4. The maximum absolute atomic E-state index is 12.3. The zero-order valence-corrected chi connectivity index (χ0v) is 10.4. The first kappa shape index (κ1) is 12.4. The minimum absolute atomic E-state index is 0.0225. The molecule has 0 saturated carbocycles. The fourth-order valence-electron chi connectivity index (χ4n) is 2.56. The molecule has 0 radical (unpaired) electrons. The molecule has 1 unspecified atom stereocenters. The van der Waals surface area contributed by atoms with Gasteiger partial charge in [-0.05, 0) is 18.6 Å². The van der Waals surface area contributed by atoms with E-state index in [1.807, 2.05) is 0 Å². The summed E-state index contributed by atoms with van der Waals surface area (Å²) >= 11 is 0. The van der Waals surface area contributed by atoms with Crippen LogP contribution in [0.25, 0.3) is 0 Å². The van der Waals surface area contributed by atoms with Gasteiger partial charge in [-0.25, -0.2) is 4.79 Å². The predicted molar refractivity (Wildman–Crippen MR) is 67.0 cm³/mol. The van der Waals surface area contributed by atoms with Crippen molar-refractivity contribution in [2.24, 2.45) is 0 Å². The normalized spacial score (nSPS) is 24.9. The molecule has 2 saturated heterocycles. The highest BCUT2D eigenvalue weighted by atomic mass is 16.2. The number of rotatable bonds is 1. The summed E-state index contributed by atoms with van der Waals surface area (Å²) in [6.07, 6.45) is 1.77. The third-order valence-electron chi connectivity index (χ3n) is 3.62. The Morgan fingerprint density at radius 3 is 2.75 bits per heavy atom. The molecule has 8 nitrogen and oxygen atoms in total. The van der Waals surface area contributed by atoms with E-state index in [9.17, 15) is 19.2 Å². The van der Waals surface area contributed by atoms with Gasteiger partial charge in [-0.15, -0.1) is 0 Å². The Morgan fingerprint density at radius 1 is 1.30 bits per heavy atom. The van der Waals surface area contributed by atoms with Crippen molar-refractivity contribution in [2.75, 3.05) is 13.1 Å². The van der Waals surface area contributed by atoms with E-state index in [0.717, 1.165) is 0 Å². The SMILES string of the molecule is O=C1NC(=O)C2(CCN(C(=O)c3ccc[nH]c3=O)C2)N1. The van der Waals surface area contributed by atoms with Gasteiger partial charge >= 0.3 is 6.03 Å². The van der Waals surface area contributed by atoms with Crippen molar-refractivity contribution < 1.29 is 14.4 Å². The number of aromatic amines is 1. The second kappa shape index (κ2) is 4.19. The van der Waals surface area contributed by atoms with E-state index in [-0.39, 0.29) is 12.1 Å². The van der Waals surface area contributed by atoms with Crippen LogP contribution < -0.4 is 16.2 Å². The Morgan fingerprint density at radius 2 is 2.10 bits per heavy atom. The molecule has 104 valence electrons. The van der Waals surface area contributed by atoms with Gasteiger partial charge in [0, 0.05) is 12.7 Å². The lowest BCUT2D eigenvalue weighted by molar-refractivity contribution is -0.123. The van der Waals surface area contributed by atoms with E-state index < -0.39 is 28.9 Å². The second-order valence-electron chi connectivity index (χ2n) is 4.88. The van der Waals surface area contributed by atoms with Gasteiger partial charge in [0.25, 0.3) is 17.4 Å². The van der Waals surface area contributed by atoms with Crippen molar-refractivity contribution in [1.29, 1.82) is 0 Å². The van der Waals surface area contributed by atoms with Crippen LogP contribution in [0.2, 0.25) is 0 Å². The van der Waals surface area contributed by atoms with E-state index >= 15 is 0 Å². The van der Waals surface area contributed by atoms with Gasteiger partial charge in [0.05, 0.1) is 6.54 Å². The molecule has 1 spiro atoms. The van der Waals surface area contributed by atoms with Crippen LogP contribution in [0.3, 0.4) is 0 Å². The van der Waals surface area contributed by atoms with Crippen molar-refractivity contribution in [3.8, 4) is 0 Å². The van der Waals surface area contributed by atoms with Crippen molar-refractivity contribution in [3.63, 3.8) is 0 Å². The van der Waals surface area contributed by atoms with Crippen molar-refractivity contribution >= 4 is 17.8 Å². The van der Waals surface area contributed by atoms with Crippen LogP contribution >= 0.6 is 0 Å². The number of nitrogens with zero attached hydrogens (tertiary/aromatic N) is 1. The molecule has 0 aliphatic carbocycles. The number of amides is 4. The highest BCUT2D eigenvalue weighted by Gasteiger charge is 2.51. The molecule has 1 atom stereocenters. The molecule has 2 fully saturated rings. The Hall–Kier alpha value is -2.64. The van der Waals surface area contributed by atoms with E-state index in [4.69, 9.17) is 0 Å². The number of aromatic nitrogens is 1. The molecule has 8 heteroatoms. The summed E-state index contributed by atoms with van der Waals surface area (Å²) in [6, 6.07) is 2.44. The van der Waals surface area contributed by atoms with Gasteiger partial charge in [-0.2, -0.15) is 0 Å². The average Bonchev–Trinajstić information content (AvgIpc) is 2.95. The van der Waals surface area contributed by atoms with Gasteiger partial charge in [-0.3, -0.25) is 19.7 Å². The lowest BCUT2D eigenvalue weighted by Crippen LogP contribution is -2.49. The Kier molecular flexibility index (Phi) is 2.60. The Bertz CT molecular complexity index is 667. The molecule has 3 rings (SSSR count). The quantitative estimate of drug-likeness (QED) is 0.559. The fraction of sp³-hybridized carbons (Fsp3) is 0.333. The number of carbonyl (C=O) groups excluding carboxylic acids is 3. The lowest BCUT2D eigenvalue weighted by Gasteiger charge is -2.20. The van der Waals surface area contributed by atoms with Crippen molar-refractivity contribution in [3.05, 3.63) is 34.2 Å². The van der Waals surface area contributed by atoms with E-state index in [2.05, 4.69) is 15.6 Å². The third-order valence-corrected chi connectivity index (χ3v) is 3.62. The predicted octanol–water partition coefficient (Wildman–Crippen LogP) is -1.20. The van der Waals surface area contributed by atoms with Gasteiger partial charge < -0.3 is 15.2 Å². The van der Waals surface area contributed by atoms with Crippen molar-refractivity contribution in [1.82, 2.24) is 20.5 Å². The molecule has 2 aliphatic rings. The van der Waals surface area contributed by atoms with E-state index in [0.29, 0.717) is 13.0 Å². The smallest absolute Gasteiger partial charge is 0.322 e. The standard InChI is InChI=1S/C12H12N4O4/c17-8-7(2-1-4-13-8)9(18)16-5-3-12(6-16)10(19)14-11(20)15-12/h1-2,4H,3,5-6H2,(H,13,17)(H2,14,15,19,20). The molecule has 0 aromatic carbocycles. The molecule has 1 aromatic rings. The molecule has 0 bridgehead atoms. The molecule has 3 heterocycles. The first-order chi connectivity index (χ1) is 9.52.